The lowest BCUT2D eigenvalue weighted by atomic mass is 10.0. The number of aryl methyl sites for hydroxylation is 2. The minimum Gasteiger partial charge on any atom is -0.351 e. The third kappa shape index (κ3) is 4.98. The summed E-state index contributed by atoms with van der Waals surface area (Å²) in [5.41, 5.74) is 2.63. The molecular weight excluding hydrogens is 350 g/mol. The number of carbonyl (C=O) groups excluding carboxylic acids is 1. The number of rotatable bonds is 6. The lowest BCUT2D eigenvalue weighted by molar-refractivity contribution is -0.123. The number of carbonyl (C=O) groups is 1. The maximum Gasteiger partial charge on any atom is 0.244 e. The summed E-state index contributed by atoms with van der Waals surface area (Å²) in [6.45, 7) is 7.65. The maximum absolute atomic E-state index is 12.9. The van der Waals surface area contributed by atoms with Crippen molar-refractivity contribution in [2.75, 3.05) is 30.7 Å². The van der Waals surface area contributed by atoms with Gasteiger partial charge in [-0.3, -0.25) is 9.10 Å². The molecule has 0 aliphatic carbocycles. The molecule has 0 unspecified atom stereocenters. The van der Waals surface area contributed by atoms with Crippen LogP contribution in [0.4, 0.5) is 5.69 Å². The fraction of sp³-hybridized carbons (Fsp3) is 0.632. The van der Waals surface area contributed by atoms with E-state index < -0.39 is 16.1 Å². The van der Waals surface area contributed by atoms with E-state index in [1.807, 2.05) is 32.9 Å². The van der Waals surface area contributed by atoms with Gasteiger partial charge in [-0.15, -0.1) is 0 Å². The highest BCUT2D eigenvalue weighted by Gasteiger charge is 2.33. The number of nitrogens with zero attached hydrogens (tertiary/aromatic N) is 2. The van der Waals surface area contributed by atoms with Gasteiger partial charge in [0.25, 0.3) is 0 Å². The average molecular weight is 382 g/mol. The molecule has 26 heavy (non-hydrogen) atoms. The van der Waals surface area contributed by atoms with Gasteiger partial charge >= 0.3 is 0 Å². The van der Waals surface area contributed by atoms with E-state index in [-0.39, 0.29) is 11.9 Å². The molecule has 1 fully saturated rings. The molecule has 1 aromatic carbocycles. The second-order valence-corrected chi connectivity index (χ2v) is 9.20. The molecule has 2 rings (SSSR count). The average Bonchev–Trinajstić information content (AvgIpc) is 2.56. The summed E-state index contributed by atoms with van der Waals surface area (Å²) in [5, 5.41) is 3.07. The number of likely N-dealkylation sites (tertiary alicyclic amines) is 1. The Labute approximate surface area is 157 Å². The van der Waals surface area contributed by atoms with Gasteiger partial charge in [0, 0.05) is 6.04 Å². The van der Waals surface area contributed by atoms with Gasteiger partial charge in [0.05, 0.1) is 11.9 Å². The Morgan fingerprint density at radius 1 is 1.27 bits per heavy atom. The SMILES string of the molecule is CC[C@@H](C(=O)NC1CCN(C)CC1)N(c1ccc(C)c(C)c1)S(C)(=O)=O. The largest absolute Gasteiger partial charge is 0.351 e. The van der Waals surface area contributed by atoms with E-state index in [4.69, 9.17) is 0 Å². The highest BCUT2D eigenvalue weighted by Crippen LogP contribution is 2.25. The highest BCUT2D eigenvalue weighted by molar-refractivity contribution is 7.92. The van der Waals surface area contributed by atoms with Crippen LogP contribution in [0.15, 0.2) is 18.2 Å². The number of piperidine rings is 1. The third-order valence-electron chi connectivity index (χ3n) is 5.14. The van der Waals surface area contributed by atoms with Crippen LogP contribution in [0.25, 0.3) is 0 Å². The van der Waals surface area contributed by atoms with Crippen molar-refractivity contribution in [3.8, 4) is 0 Å². The van der Waals surface area contributed by atoms with Gasteiger partial charge in [0.15, 0.2) is 0 Å². The molecule has 1 aromatic rings. The lowest BCUT2D eigenvalue weighted by Gasteiger charge is -2.34. The summed E-state index contributed by atoms with van der Waals surface area (Å²) in [4.78, 5) is 15.1. The van der Waals surface area contributed by atoms with Crippen molar-refractivity contribution in [1.29, 1.82) is 0 Å². The molecule has 146 valence electrons. The molecule has 7 heteroatoms. The van der Waals surface area contributed by atoms with Gasteiger partial charge in [-0.05, 0) is 76.5 Å². The number of hydrogen-bond acceptors (Lipinski definition) is 4. The van der Waals surface area contributed by atoms with Crippen LogP contribution in [0.2, 0.25) is 0 Å². The number of anilines is 1. The van der Waals surface area contributed by atoms with E-state index >= 15 is 0 Å². The van der Waals surface area contributed by atoms with E-state index in [0.717, 1.165) is 43.3 Å². The topological polar surface area (TPSA) is 69.7 Å². The number of benzene rings is 1. The molecule has 1 saturated heterocycles. The predicted molar refractivity (Wildman–Crippen MR) is 106 cm³/mol. The Bertz CT molecular complexity index is 740. The third-order valence-corrected chi connectivity index (χ3v) is 6.32. The number of sulfonamides is 1. The van der Waals surface area contributed by atoms with Crippen LogP contribution in [0.3, 0.4) is 0 Å². The van der Waals surface area contributed by atoms with E-state index in [9.17, 15) is 13.2 Å². The van der Waals surface area contributed by atoms with Crippen LogP contribution in [0.5, 0.6) is 0 Å². The highest BCUT2D eigenvalue weighted by atomic mass is 32.2. The van der Waals surface area contributed by atoms with Crippen molar-refractivity contribution < 1.29 is 13.2 Å². The molecule has 0 radical (unpaired) electrons. The van der Waals surface area contributed by atoms with Crippen molar-refractivity contribution in [1.82, 2.24) is 10.2 Å². The molecule has 1 N–H and O–H groups in total. The van der Waals surface area contributed by atoms with Crippen molar-refractivity contribution in [3.63, 3.8) is 0 Å². The van der Waals surface area contributed by atoms with Crippen LogP contribution in [0.1, 0.15) is 37.3 Å². The normalized spacial score (nSPS) is 17.7. The van der Waals surface area contributed by atoms with Gasteiger partial charge in [-0.1, -0.05) is 13.0 Å². The molecule has 1 heterocycles. The summed E-state index contributed by atoms with van der Waals surface area (Å²) in [6.07, 6.45) is 3.36. The Kier molecular flexibility index (Phi) is 6.69. The Hall–Kier alpha value is -1.60. The first-order chi connectivity index (χ1) is 12.1. The van der Waals surface area contributed by atoms with E-state index in [2.05, 4.69) is 17.3 Å². The molecular formula is C19H31N3O3S. The molecule has 0 aromatic heterocycles. The first-order valence-electron chi connectivity index (χ1n) is 9.19. The first-order valence-corrected chi connectivity index (χ1v) is 11.0. The second-order valence-electron chi connectivity index (χ2n) is 7.34. The maximum atomic E-state index is 12.9. The van der Waals surface area contributed by atoms with Crippen LogP contribution < -0.4 is 9.62 Å². The summed E-state index contributed by atoms with van der Waals surface area (Å²) >= 11 is 0. The van der Waals surface area contributed by atoms with Gasteiger partial charge in [-0.25, -0.2) is 8.42 Å². The van der Waals surface area contributed by atoms with Gasteiger partial charge in [0.2, 0.25) is 15.9 Å². The summed E-state index contributed by atoms with van der Waals surface area (Å²) in [5.74, 6) is -0.217. The number of amides is 1. The predicted octanol–water partition coefficient (Wildman–Crippen LogP) is 2.06. The zero-order chi connectivity index (χ0) is 19.5. The molecule has 1 amide bonds. The standard InChI is InChI=1S/C19H31N3O3S/c1-6-18(19(23)20-16-9-11-21(4)12-10-16)22(26(5,24)25)17-8-7-14(2)15(3)13-17/h7-8,13,16,18H,6,9-12H2,1-5H3,(H,20,23)/t18-/m0/s1. The quantitative estimate of drug-likeness (QED) is 0.819. The van der Waals surface area contributed by atoms with Crippen LogP contribution in [0, 0.1) is 13.8 Å². The van der Waals surface area contributed by atoms with E-state index in [1.54, 1.807) is 6.07 Å². The summed E-state index contributed by atoms with van der Waals surface area (Å²) in [7, 11) is -1.52. The van der Waals surface area contributed by atoms with Crippen molar-refractivity contribution in [2.24, 2.45) is 0 Å². The second kappa shape index (κ2) is 8.39. The van der Waals surface area contributed by atoms with Gasteiger partial charge in [-0.2, -0.15) is 0 Å². The molecule has 0 bridgehead atoms. The fourth-order valence-electron chi connectivity index (χ4n) is 3.37. The first kappa shape index (κ1) is 20.7. The smallest absolute Gasteiger partial charge is 0.244 e. The Balaban J connectivity index is 2.26. The number of hydrogen-bond donors (Lipinski definition) is 1. The van der Waals surface area contributed by atoms with Crippen molar-refractivity contribution in [2.45, 2.75) is 52.1 Å². The molecule has 1 atom stereocenters. The zero-order valence-electron chi connectivity index (χ0n) is 16.4. The van der Waals surface area contributed by atoms with E-state index in [0.29, 0.717) is 12.1 Å². The van der Waals surface area contributed by atoms with Crippen LogP contribution in [-0.4, -0.2) is 57.7 Å². The van der Waals surface area contributed by atoms with Crippen LogP contribution >= 0.6 is 0 Å². The van der Waals surface area contributed by atoms with Gasteiger partial charge < -0.3 is 10.2 Å². The van der Waals surface area contributed by atoms with Crippen LogP contribution in [-0.2, 0) is 14.8 Å². The van der Waals surface area contributed by atoms with Crippen molar-refractivity contribution >= 4 is 21.6 Å². The molecule has 1 aliphatic heterocycles. The number of nitrogens with one attached hydrogen (secondary N) is 1. The zero-order valence-corrected chi connectivity index (χ0v) is 17.3. The van der Waals surface area contributed by atoms with E-state index in [1.165, 1.54) is 4.31 Å². The molecule has 0 saturated carbocycles. The Morgan fingerprint density at radius 2 is 1.88 bits per heavy atom. The monoisotopic (exact) mass is 381 g/mol. The Morgan fingerprint density at radius 3 is 2.38 bits per heavy atom. The lowest BCUT2D eigenvalue weighted by Crippen LogP contribution is -2.53. The summed E-state index contributed by atoms with van der Waals surface area (Å²) in [6, 6.07) is 4.86. The summed E-state index contributed by atoms with van der Waals surface area (Å²) < 4.78 is 26.3. The van der Waals surface area contributed by atoms with Gasteiger partial charge in [0.1, 0.15) is 6.04 Å². The molecule has 1 aliphatic rings. The molecule has 6 nitrogen and oxygen atoms in total. The minimum atomic E-state index is -3.59. The fourth-order valence-corrected chi connectivity index (χ4v) is 4.58. The van der Waals surface area contributed by atoms with Crippen molar-refractivity contribution in [3.05, 3.63) is 29.3 Å². The molecule has 0 spiro atoms. The minimum absolute atomic E-state index is 0.105.